The normalized spacial score (nSPS) is 9.17. The Morgan fingerprint density at radius 2 is 1.12 bits per heavy atom. The second kappa shape index (κ2) is 11.4. The number of benzene rings is 2. The summed E-state index contributed by atoms with van der Waals surface area (Å²) in [5.74, 6) is -1.17. The number of hydrogen-bond acceptors (Lipinski definition) is 5. The fraction of sp³-hybridized carbons (Fsp3) is 0.167. The van der Waals surface area contributed by atoms with Crippen LogP contribution in [0, 0.1) is 0 Å². The Bertz CT molecular complexity index is 575. The minimum absolute atomic E-state index is 0.158. The number of ether oxygens (including phenoxy) is 2. The zero-order valence-corrected chi connectivity index (χ0v) is 13.1. The van der Waals surface area contributed by atoms with E-state index < -0.39 is 11.9 Å². The third kappa shape index (κ3) is 8.33. The highest BCUT2D eigenvalue weighted by molar-refractivity contribution is 5.91. The smallest absolute Gasteiger partial charge is 0.317 e. The van der Waals surface area contributed by atoms with Gasteiger partial charge in [0.2, 0.25) is 6.41 Å². The van der Waals surface area contributed by atoms with Crippen molar-refractivity contribution in [3.63, 3.8) is 0 Å². The van der Waals surface area contributed by atoms with Gasteiger partial charge in [-0.3, -0.25) is 14.4 Å². The summed E-state index contributed by atoms with van der Waals surface area (Å²) in [7, 11) is 0. The van der Waals surface area contributed by atoms with Crippen LogP contribution in [0.2, 0.25) is 0 Å². The maximum Gasteiger partial charge on any atom is 0.317 e. The number of carbonyl (C=O) groups excluding carboxylic acids is 3. The van der Waals surface area contributed by atoms with Gasteiger partial charge in [-0.05, 0) is 11.1 Å². The molecule has 0 unspecified atom stereocenters. The number of nitrogens with two attached hydrogens (primary N) is 1. The molecule has 2 aromatic carbocycles. The largest absolute Gasteiger partial charge is 0.460 e. The van der Waals surface area contributed by atoms with Gasteiger partial charge in [0.05, 0.1) is 0 Å². The Labute approximate surface area is 140 Å². The van der Waals surface area contributed by atoms with Crippen LogP contribution in [0.15, 0.2) is 60.7 Å². The number of carbonyl (C=O) groups is 3. The van der Waals surface area contributed by atoms with Gasteiger partial charge in [-0.25, -0.2) is 0 Å². The summed E-state index contributed by atoms with van der Waals surface area (Å²) in [5, 5.41) is 0. The molecular formula is C18H19NO5. The van der Waals surface area contributed by atoms with E-state index in [0.717, 1.165) is 11.1 Å². The molecule has 0 bridgehead atoms. The average Bonchev–Trinajstić information content (AvgIpc) is 2.61. The number of esters is 2. The summed E-state index contributed by atoms with van der Waals surface area (Å²) < 4.78 is 10.0. The van der Waals surface area contributed by atoms with Crippen LogP contribution < -0.4 is 5.73 Å². The molecule has 1 amide bonds. The fourth-order valence-corrected chi connectivity index (χ4v) is 1.70. The first-order chi connectivity index (χ1) is 11.7. The summed E-state index contributed by atoms with van der Waals surface area (Å²) in [6, 6.07) is 18.6. The summed E-state index contributed by atoms with van der Waals surface area (Å²) >= 11 is 0. The van der Waals surface area contributed by atoms with Gasteiger partial charge in [0.15, 0.2) is 0 Å². The van der Waals surface area contributed by atoms with Crippen molar-refractivity contribution >= 4 is 18.3 Å². The molecule has 2 aromatic rings. The highest BCUT2D eigenvalue weighted by atomic mass is 16.6. The van der Waals surface area contributed by atoms with Crippen LogP contribution >= 0.6 is 0 Å². The van der Waals surface area contributed by atoms with Crippen molar-refractivity contribution in [2.24, 2.45) is 5.73 Å². The van der Waals surface area contributed by atoms with Gasteiger partial charge < -0.3 is 15.2 Å². The highest BCUT2D eigenvalue weighted by Gasteiger charge is 2.12. The molecule has 0 spiro atoms. The fourth-order valence-electron chi connectivity index (χ4n) is 1.70. The number of amides is 1. The molecule has 6 nitrogen and oxygen atoms in total. The lowest BCUT2D eigenvalue weighted by atomic mass is 10.2. The van der Waals surface area contributed by atoms with Crippen LogP contribution in [0.4, 0.5) is 0 Å². The van der Waals surface area contributed by atoms with Crippen molar-refractivity contribution in [1.29, 1.82) is 0 Å². The van der Waals surface area contributed by atoms with Gasteiger partial charge in [0.25, 0.3) is 0 Å². The Kier molecular flexibility index (Phi) is 8.99. The molecule has 24 heavy (non-hydrogen) atoms. The standard InChI is InChI=1S/C17H16O4.CH3NO/c18-16(20-12-14-7-3-1-4-8-14)11-17(19)21-13-15-9-5-2-6-10-15;2-1-3/h1-10H,11-13H2;1H,(H2,2,3). The van der Waals surface area contributed by atoms with E-state index in [9.17, 15) is 9.59 Å². The third-order valence-corrected chi connectivity index (χ3v) is 2.77. The van der Waals surface area contributed by atoms with Gasteiger partial charge in [-0.15, -0.1) is 0 Å². The van der Waals surface area contributed by atoms with Crippen molar-refractivity contribution < 1.29 is 23.9 Å². The Balaban J connectivity index is 0.000000891. The van der Waals surface area contributed by atoms with Crippen LogP contribution in [0.25, 0.3) is 0 Å². The van der Waals surface area contributed by atoms with Crippen LogP contribution in [-0.4, -0.2) is 18.3 Å². The van der Waals surface area contributed by atoms with Crippen LogP contribution in [0.1, 0.15) is 17.5 Å². The molecule has 2 N–H and O–H groups in total. The summed E-state index contributed by atoms with van der Waals surface area (Å²) in [5.41, 5.74) is 5.92. The van der Waals surface area contributed by atoms with Crippen molar-refractivity contribution in [1.82, 2.24) is 0 Å². The molecule has 0 aliphatic carbocycles. The Morgan fingerprint density at radius 1 is 0.792 bits per heavy atom. The number of primary amides is 1. The van der Waals surface area contributed by atoms with Gasteiger partial charge >= 0.3 is 11.9 Å². The predicted octanol–water partition coefficient (Wildman–Crippen LogP) is 1.96. The highest BCUT2D eigenvalue weighted by Crippen LogP contribution is 2.04. The molecule has 0 saturated heterocycles. The SMILES string of the molecule is NC=O.O=C(CC(=O)OCc1ccccc1)OCc1ccccc1. The summed E-state index contributed by atoms with van der Waals surface area (Å²) in [6.07, 6.45) is -0.125. The second-order valence-electron chi connectivity index (χ2n) is 4.61. The van der Waals surface area contributed by atoms with Gasteiger partial charge in [0, 0.05) is 0 Å². The molecule has 0 heterocycles. The first kappa shape index (κ1) is 18.9. The van der Waals surface area contributed by atoms with E-state index in [2.05, 4.69) is 5.73 Å². The Morgan fingerprint density at radius 3 is 1.46 bits per heavy atom. The molecule has 0 radical (unpaired) electrons. The van der Waals surface area contributed by atoms with Crippen molar-refractivity contribution in [2.75, 3.05) is 0 Å². The van der Waals surface area contributed by atoms with Gasteiger partial charge in [-0.2, -0.15) is 0 Å². The average molecular weight is 329 g/mol. The first-order valence-corrected chi connectivity index (χ1v) is 7.20. The topological polar surface area (TPSA) is 95.7 Å². The van der Waals surface area contributed by atoms with E-state index in [-0.39, 0.29) is 26.0 Å². The van der Waals surface area contributed by atoms with E-state index in [0.29, 0.717) is 0 Å². The lowest BCUT2D eigenvalue weighted by molar-refractivity contribution is -0.156. The third-order valence-electron chi connectivity index (χ3n) is 2.77. The predicted molar refractivity (Wildman–Crippen MR) is 87.3 cm³/mol. The molecule has 0 atom stereocenters. The van der Waals surface area contributed by atoms with E-state index in [1.54, 1.807) is 0 Å². The van der Waals surface area contributed by atoms with E-state index in [1.807, 2.05) is 60.7 Å². The van der Waals surface area contributed by atoms with Crippen LogP contribution in [-0.2, 0) is 37.1 Å². The molecule has 0 aliphatic heterocycles. The lowest BCUT2D eigenvalue weighted by Gasteiger charge is -2.06. The van der Waals surface area contributed by atoms with Gasteiger partial charge in [0.1, 0.15) is 19.6 Å². The zero-order valence-electron chi connectivity index (χ0n) is 13.1. The van der Waals surface area contributed by atoms with E-state index >= 15 is 0 Å². The van der Waals surface area contributed by atoms with Crippen molar-refractivity contribution in [3.8, 4) is 0 Å². The molecule has 0 saturated carbocycles. The molecule has 2 rings (SSSR count). The minimum Gasteiger partial charge on any atom is -0.460 e. The molecule has 0 aliphatic rings. The molecule has 0 aromatic heterocycles. The number of hydrogen-bond donors (Lipinski definition) is 1. The Hall–Kier alpha value is -3.15. The van der Waals surface area contributed by atoms with Crippen molar-refractivity contribution in [3.05, 3.63) is 71.8 Å². The maximum absolute atomic E-state index is 11.5. The lowest BCUT2D eigenvalue weighted by Crippen LogP contribution is -2.13. The monoisotopic (exact) mass is 329 g/mol. The minimum atomic E-state index is -0.586. The quantitative estimate of drug-likeness (QED) is 0.496. The molecule has 126 valence electrons. The molecule has 0 fully saturated rings. The van der Waals surface area contributed by atoms with E-state index in [4.69, 9.17) is 14.3 Å². The summed E-state index contributed by atoms with van der Waals surface area (Å²) in [6.45, 7) is 0.317. The second-order valence-corrected chi connectivity index (χ2v) is 4.61. The van der Waals surface area contributed by atoms with Crippen LogP contribution in [0.3, 0.4) is 0 Å². The van der Waals surface area contributed by atoms with Crippen molar-refractivity contribution in [2.45, 2.75) is 19.6 Å². The molecular weight excluding hydrogens is 310 g/mol. The zero-order chi connectivity index (χ0) is 17.6. The first-order valence-electron chi connectivity index (χ1n) is 7.20. The summed E-state index contributed by atoms with van der Waals surface area (Å²) in [4.78, 5) is 31.6. The maximum atomic E-state index is 11.5. The van der Waals surface area contributed by atoms with Crippen LogP contribution in [0.5, 0.6) is 0 Å². The van der Waals surface area contributed by atoms with Gasteiger partial charge in [-0.1, -0.05) is 60.7 Å². The van der Waals surface area contributed by atoms with E-state index in [1.165, 1.54) is 0 Å². The number of rotatable bonds is 6. The molecule has 6 heteroatoms.